The summed E-state index contributed by atoms with van der Waals surface area (Å²) < 4.78 is 0. The molecule has 0 saturated carbocycles. The lowest BCUT2D eigenvalue weighted by Crippen LogP contribution is -2.49. The predicted molar refractivity (Wildman–Crippen MR) is 69.2 cm³/mol. The lowest BCUT2D eigenvalue weighted by Gasteiger charge is -2.39. The molecule has 0 amide bonds. The molecular formula is C12H14O6S. The van der Waals surface area contributed by atoms with Crippen molar-refractivity contribution < 1.29 is 30.6 Å². The Labute approximate surface area is 113 Å². The first-order valence-corrected chi connectivity index (χ1v) is 6.28. The standard InChI is InChI=1S/C12H14O6S/c13-7-3-1-5-11(17,9(7)15)19-12(18)6-2-4-8(14)10(12)16/h1-6,9-10,13-18H. The molecule has 0 heterocycles. The van der Waals surface area contributed by atoms with E-state index in [9.17, 15) is 30.6 Å². The highest BCUT2D eigenvalue weighted by Crippen LogP contribution is 2.44. The van der Waals surface area contributed by atoms with E-state index in [0.717, 1.165) is 0 Å². The van der Waals surface area contributed by atoms with Gasteiger partial charge in [-0.05, 0) is 24.3 Å². The van der Waals surface area contributed by atoms with Crippen molar-refractivity contribution in [2.45, 2.75) is 22.1 Å². The zero-order chi connectivity index (χ0) is 14.3. The van der Waals surface area contributed by atoms with Crippen molar-refractivity contribution in [1.82, 2.24) is 0 Å². The van der Waals surface area contributed by atoms with Gasteiger partial charge in [-0.2, -0.15) is 0 Å². The van der Waals surface area contributed by atoms with Crippen LogP contribution in [0.5, 0.6) is 0 Å². The molecule has 6 N–H and O–H groups in total. The van der Waals surface area contributed by atoms with Crippen molar-refractivity contribution >= 4 is 11.8 Å². The number of allylic oxidation sites excluding steroid dienone is 4. The van der Waals surface area contributed by atoms with Crippen LogP contribution >= 0.6 is 11.8 Å². The van der Waals surface area contributed by atoms with E-state index in [1.807, 2.05) is 0 Å². The van der Waals surface area contributed by atoms with Crippen LogP contribution in [-0.4, -0.2) is 52.7 Å². The van der Waals surface area contributed by atoms with Gasteiger partial charge in [0.05, 0.1) is 0 Å². The molecule has 4 atom stereocenters. The molecule has 104 valence electrons. The lowest BCUT2D eigenvalue weighted by atomic mass is 10.1. The van der Waals surface area contributed by atoms with Gasteiger partial charge in [0.1, 0.15) is 11.5 Å². The third-order valence-electron chi connectivity index (χ3n) is 2.87. The fourth-order valence-electron chi connectivity index (χ4n) is 1.80. The molecule has 2 aliphatic rings. The van der Waals surface area contributed by atoms with Crippen molar-refractivity contribution in [3.8, 4) is 0 Å². The quantitative estimate of drug-likeness (QED) is 0.390. The maximum atomic E-state index is 10.3. The Hall–Kier alpha value is -1.25. The molecule has 19 heavy (non-hydrogen) atoms. The number of rotatable bonds is 2. The van der Waals surface area contributed by atoms with E-state index in [2.05, 4.69) is 0 Å². The van der Waals surface area contributed by atoms with Gasteiger partial charge in [-0.15, -0.1) is 0 Å². The average Bonchev–Trinajstić information content (AvgIpc) is 2.33. The van der Waals surface area contributed by atoms with E-state index in [1.165, 1.54) is 36.5 Å². The van der Waals surface area contributed by atoms with Crippen LogP contribution in [0.25, 0.3) is 0 Å². The number of aliphatic hydroxyl groups excluding tert-OH is 4. The van der Waals surface area contributed by atoms with Crippen molar-refractivity contribution in [1.29, 1.82) is 0 Å². The summed E-state index contributed by atoms with van der Waals surface area (Å²) in [5.41, 5.74) is 0. The first kappa shape index (κ1) is 14.2. The Kier molecular flexibility index (Phi) is 3.50. The van der Waals surface area contributed by atoms with Crippen LogP contribution in [0.3, 0.4) is 0 Å². The van der Waals surface area contributed by atoms with Crippen molar-refractivity contribution in [2.24, 2.45) is 0 Å². The molecule has 0 spiro atoms. The van der Waals surface area contributed by atoms with E-state index in [0.29, 0.717) is 11.8 Å². The molecule has 2 rings (SSSR count). The van der Waals surface area contributed by atoms with E-state index in [1.54, 1.807) is 0 Å². The topological polar surface area (TPSA) is 121 Å². The van der Waals surface area contributed by atoms with Crippen molar-refractivity contribution in [3.05, 3.63) is 48.0 Å². The van der Waals surface area contributed by atoms with Crippen LogP contribution in [0.2, 0.25) is 0 Å². The normalized spacial score (nSPS) is 41.9. The lowest BCUT2D eigenvalue weighted by molar-refractivity contribution is -0.000605. The summed E-state index contributed by atoms with van der Waals surface area (Å²) in [6.45, 7) is 0. The molecule has 0 aliphatic heterocycles. The smallest absolute Gasteiger partial charge is 0.165 e. The fraction of sp³-hybridized carbons (Fsp3) is 0.333. The van der Waals surface area contributed by atoms with Gasteiger partial charge < -0.3 is 30.6 Å². The highest BCUT2D eigenvalue weighted by molar-refractivity contribution is 8.02. The fourth-order valence-corrected chi connectivity index (χ4v) is 3.08. The molecule has 0 radical (unpaired) electrons. The number of hydrogen-bond acceptors (Lipinski definition) is 7. The summed E-state index contributed by atoms with van der Waals surface area (Å²) in [6, 6.07) is 0. The molecule has 6 nitrogen and oxygen atoms in total. The third-order valence-corrected chi connectivity index (χ3v) is 4.25. The summed E-state index contributed by atoms with van der Waals surface area (Å²) in [5.74, 6) is -0.926. The second-order valence-electron chi connectivity index (χ2n) is 4.31. The molecule has 7 heteroatoms. The van der Waals surface area contributed by atoms with Gasteiger partial charge in [-0.3, -0.25) is 0 Å². The maximum absolute atomic E-state index is 10.3. The van der Waals surface area contributed by atoms with Crippen LogP contribution < -0.4 is 0 Å². The Morgan fingerprint density at radius 2 is 1.21 bits per heavy atom. The van der Waals surface area contributed by atoms with Gasteiger partial charge in [-0.25, -0.2) is 0 Å². The Bertz CT molecular complexity index is 452. The van der Waals surface area contributed by atoms with Gasteiger partial charge in [-0.1, -0.05) is 23.9 Å². The summed E-state index contributed by atoms with van der Waals surface area (Å²) in [4.78, 5) is -4.06. The Morgan fingerprint density at radius 1 is 0.842 bits per heavy atom. The van der Waals surface area contributed by atoms with Crippen molar-refractivity contribution in [2.75, 3.05) is 0 Å². The summed E-state index contributed by atoms with van der Waals surface area (Å²) in [6.07, 6.45) is 4.08. The van der Waals surface area contributed by atoms with Crippen LogP contribution in [0, 0.1) is 0 Å². The third kappa shape index (κ3) is 2.43. The molecule has 0 fully saturated rings. The minimum atomic E-state index is -2.03. The number of thioether (sulfide) groups is 1. The zero-order valence-electron chi connectivity index (χ0n) is 9.71. The number of hydrogen-bond donors (Lipinski definition) is 6. The molecule has 0 aromatic rings. The molecule has 0 bridgehead atoms. The molecule has 0 aromatic carbocycles. The predicted octanol–water partition coefficient (Wildman–Crippen LogP) is -0.158. The van der Waals surface area contributed by atoms with Crippen LogP contribution in [0.1, 0.15) is 0 Å². The second kappa shape index (κ2) is 4.69. The molecular weight excluding hydrogens is 272 g/mol. The SMILES string of the molecule is OC1=CC=CC(O)(SC2(O)C=CC=C(O)C2O)C1O. The highest BCUT2D eigenvalue weighted by atomic mass is 32.2. The molecule has 0 saturated heterocycles. The largest absolute Gasteiger partial charge is 0.509 e. The maximum Gasteiger partial charge on any atom is 0.165 e. The van der Waals surface area contributed by atoms with E-state index in [4.69, 9.17) is 0 Å². The van der Waals surface area contributed by atoms with E-state index in [-0.39, 0.29) is 0 Å². The highest BCUT2D eigenvalue weighted by Gasteiger charge is 2.49. The minimum Gasteiger partial charge on any atom is -0.509 e. The van der Waals surface area contributed by atoms with Crippen molar-refractivity contribution in [3.63, 3.8) is 0 Å². The second-order valence-corrected chi connectivity index (χ2v) is 5.82. The van der Waals surface area contributed by atoms with Gasteiger partial charge in [0, 0.05) is 0 Å². The zero-order valence-corrected chi connectivity index (χ0v) is 10.5. The van der Waals surface area contributed by atoms with Gasteiger partial charge in [0.25, 0.3) is 0 Å². The van der Waals surface area contributed by atoms with Crippen LogP contribution in [0.4, 0.5) is 0 Å². The summed E-state index contributed by atoms with van der Waals surface area (Å²) >= 11 is 0.406. The summed E-state index contributed by atoms with van der Waals surface area (Å²) in [7, 11) is 0. The van der Waals surface area contributed by atoms with Crippen LogP contribution in [-0.2, 0) is 0 Å². The first-order chi connectivity index (χ1) is 8.78. The van der Waals surface area contributed by atoms with Gasteiger partial charge in [0.15, 0.2) is 22.1 Å². The van der Waals surface area contributed by atoms with E-state index < -0.39 is 33.6 Å². The average molecular weight is 286 g/mol. The van der Waals surface area contributed by atoms with E-state index >= 15 is 0 Å². The summed E-state index contributed by atoms with van der Waals surface area (Å²) in [5, 5.41) is 58.8. The molecule has 0 aromatic heterocycles. The Morgan fingerprint density at radius 3 is 1.58 bits per heavy atom. The first-order valence-electron chi connectivity index (χ1n) is 5.46. The molecule has 4 unspecified atom stereocenters. The van der Waals surface area contributed by atoms with Crippen LogP contribution in [0.15, 0.2) is 48.0 Å². The number of aliphatic hydroxyl groups is 6. The Balaban J connectivity index is 2.26. The minimum absolute atomic E-state index is 0.406. The van der Waals surface area contributed by atoms with Gasteiger partial charge >= 0.3 is 0 Å². The van der Waals surface area contributed by atoms with Gasteiger partial charge in [0.2, 0.25) is 0 Å². The monoisotopic (exact) mass is 286 g/mol. The molecule has 2 aliphatic carbocycles.